The molecule has 0 aliphatic carbocycles. The summed E-state index contributed by atoms with van der Waals surface area (Å²) in [6.07, 6.45) is 3.25. The highest BCUT2D eigenvalue weighted by atomic mass is 16.5. The van der Waals surface area contributed by atoms with Crippen molar-refractivity contribution in [3.8, 4) is 0 Å². The first-order valence-electron chi connectivity index (χ1n) is 17.5. The van der Waals surface area contributed by atoms with Crippen molar-refractivity contribution in [2.75, 3.05) is 7.05 Å². The summed E-state index contributed by atoms with van der Waals surface area (Å²) in [5, 5.41) is 20.6. The molecule has 4 amide bonds. The minimum absolute atomic E-state index is 0.0477. The fourth-order valence-electron chi connectivity index (χ4n) is 5.72. The van der Waals surface area contributed by atoms with Crippen LogP contribution in [0.2, 0.25) is 0 Å². The number of urea groups is 1. The van der Waals surface area contributed by atoms with Gasteiger partial charge in [-0.3, -0.25) is 14.8 Å². The fourth-order valence-corrected chi connectivity index (χ4v) is 5.72. The minimum Gasteiger partial charge on any atom is -0.445 e. The van der Waals surface area contributed by atoms with E-state index in [1.165, 1.54) is 4.90 Å². The van der Waals surface area contributed by atoms with Crippen LogP contribution in [-0.2, 0) is 41.9 Å². The maximum atomic E-state index is 13.9. The number of alkyl carbamates (subject to hydrolysis) is 1. The maximum Gasteiger partial charge on any atom is 0.407 e. The predicted molar refractivity (Wildman–Crippen MR) is 196 cm³/mol. The topological polar surface area (TPSA) is 146 Å². The number of pyridine rings is 2. The van der Waals surface area contributed by atoms with Crippen LogP contribution in [0.15, 0.2) is 103 Å². The van der Waals surface area contributed by atoms with E-state index in [1.807, 2.05) is 106 Å². The van der Waals surface area contributed by atoms with Gasteiger partial charge in [-0.1, -0.05) is 93.6 Å². The number of nitrogens with zero attached hydrogens (tertiary/aromatic N) is 3. The normalized spacial score (nSPS) is 13.4. The highest BCUT2D eigenvalue weighted by molar-refractivity contribution is 5.87. The molecular formula is C40H50N6O5. The van der Waals surface area contributed by atoms with Crippen molar-refractivity contribution in [2.24, 2.45) is 5.92 Å². The van der Waals surface area contributed by atoms with Crippen molar-refractivity contribution in [3.63, 3.8) is 0 Å². The Bertz CT molecular complexity index is 1660. The first-order valence-corrected chi connectivity index (χ1v) is 17.5. The lowest BCUT2D eigenvalue weighted by Crippen LogP contribution is -2.57. The van der Waals surface area contributed by atoms with E-state index >= 15 is 0 Å². The number of hydrogen-bond acceptors (Lipinski definition) is 7. The second kappa shape index (κ2) is 19.8. The van der Waals surface area contributed by atoms with E-state index in [0.717, 1.165) is 34.5 Å². The van der Waals surface area contributed by atoms with Gasteiger partial charge in [0.05, 0.1) is 24.4 Å². The average Bonchev–Trinajstić information content (AvgIpc) is 3.13. The summed E-state index contributed by atoms with van der Waals surface area (Å²) in [6, 6.07) is 26.0. The number of aliphatic hydroxyl groups excluding tert-OH is 1. The third-order valence-corrected chi connectivity index (χ3v) is 8.56. The summed E-state index contributed by atoms with van der Waals surface area (Å²) < 4.78 is 5.47. The van der Waals surface area contributed by atoms with Crippen LogP contribution >= 0.6 is 0 Å². The van der Waals surface area contributed by atoms with Crippen molar-refractivity contribution in [3.05, 3.63) is 131 Å². The second-order valence-electron chi connectivity index (χ2n) is 13.1. The van der Waals surface area contributed by atoms with Gasteiger partial charge in [-0.05, 0) is 60.9 Å². The number of ether oxygens (including phenoxy) is 1. The van der Waals surface area contributed by atoms with Crippen molar-refractivity contribution in [2.45, 2.75) is 83.8 Å². The molecule has 2 aromatic heterocycles. The standard InChI is InChI=1S/C40H50N6O5/c1-5-32-19-12-20-33(42-32)26-46(4)39(49)45-37(28(2)3)38(48)44-35(23-30-16-10-7-11-17-30)36(47)24-34(22-29-14-8-6-9-15-29)43-40(50)51-27-31-18-13-21-41-25-31/h6-21,25,28,34-37,47H,5,22-24,26-27H2,1-4H3,(H,43,50)(H,44,48)(H,45,49)/t34-,35-,36-,37-/m0/s1. The average molecular weight is 695 g/mol. The quantitative estimate of drug-likeness (QED) is 0.119. The van der Waals surface area contributed by atoms with E-state index in [9.17, 15) is 19.5 Å². The molecule has 0 bridgehead atoms. The van der Waals surface area contributed by atoms with E-state index in [0.29, 0.717) is 12.8 Å². The summed E-state index contributed by atoms with van der Waals surface area (Å²) in [5.74, 6) is -0.665. The number of rotatable bonds is 17. The molecule has 0 saturated carbocycles. The van der Waals surface area contributed by atoms with Crippen LogP contribution in [0.3, 0.4) is 0 Å². The number of aryl methyl sites for hydroxylation is 1. The number of nitrogens with one attached hydrogen (secondary N) is 3. The van der Waals surface area contributed by atoms with Crippen molar-refractivity contribution in [1.82, 2.24) is 30.8 Å². The van der Waals surface area contributed by atoms with Crippen LogP contribution in [-0.4, -0.2) is 69.3 Å². The fraction of sp³-hybridized carbons (Fsp3) is 0.375. The van der Waals surface area contributed by atoms with Crippen molar-refractivity contribution < 1.29 is 24.2 Å². The largest absolute Gasteiger partial charge is 0.445 e. The molecule has 11 nitrogen and oxygen atoms in total. The Morgan fingerprint density at radius 3 is 2.08 bits per heavy atom. The molecule has 51 heavy (non-hydrogen) atoms. The summed E-state index contributed by atoms with van der Waals surface area (Å²) in [5.41, 5.74) is 4.32. The van der Waals surface area contributed by atoms with Crippen LogP contribution in [0.5, 0.6) is 0 Å². The van der Waals surface area contributed by atoms with Crippen molar-refractivity contribution >= 4 is 18.0 Å². The summed E-state index contributed by atoms with van der Waals surface area (Å²) in [6.45, 7) is 6.07. The molecule has 0 aliphatic heterocycles. The molecule has 4 atom stereocenters. The smallest absolute Gasteiger partial charge is 0.407 e. The van der Waals surface area contributed by atoms with Gasteiger partial charge in [0.15, 0.2) is 0 Å². The maximum absolute atomic E-state index is 13.9. The van der Waals surface area contributed by atoms with Crippen LogP contribution in [0.25, 0.3) is 0 Å². The molecule has 11 heteroatoms. The van der Waals surface area contributed by atoms with E-state index in [-0.39, 0.29) is 25.5 Å². The lowest BCUT2D eigenvalue weighted by atomic mass is 9.93. The van der Waals surface area contributed by atoms with Gasteiger partial charge in [-0.15, -0.1) is 0 Å². The molecule has 0 unspecified atom stereocenters. The molecule has 0 saturated heterocycles. The van der Waals surface area contributed by atoms with Gasteiger partial charge >= 0.3 is 12.1 Å². The number of carbonyl (C=O) groups excluding carboxylic acids is 3. The summed E-state index contributed by atoms with van der Waals surface area (Å²) in [4.78, 5) is 50.3. The third-order valence-electron chi connectivity index (χ3n) is 8.56. The van der Waals surface area contributed by atoms with Crippen LogP contribution in [0.4, 0.5) is 9.59 Å². The van der Waals surface area contributed by atoms with E-state index < -0.39 is 42.3 Å². The van der Waals surface area contributed by atoms with Crippen LogP contribution < -0.4 is 16.0 Å². The van der Waals surface area contributed by atoms with E-state index in [4.69, 9.17) is 4.74 Å². The number of carbonyl (C=O) groups is 3. The molecule has 4 rings (SSSR count). The first kappa shape index (κ1) is 38.5. The molecule has 270 valence electrons. The Balaban J connectivity index is 1.47. The number of aliphatic hydroxyl groups is 1. The van der Waals surface area contributed by atoms with E-state index in [2.05, 4.69) is 25.9 Å². The Labute approximate surface area is 300 Å². The summed E-state index contributed by atoms with van der Waals surface area (Å²) in [7, 11) is 1.66. The Kier molecular flexibility index (Phi) is 14.9. The lowest BCUT2D eigenvalue weighted by Gasteiger charge is -2.31. The van der Waals surface area contributed by atoms with Gasteiger partial charge < -0.3 is 30.7 Å². The molecule has 2 aromatic carbocycles. The Morgan fingerprint density at radius 2 is 1.45 bits per heavy atom. The molecular weight excluding hydrogens is 644 g/mol. The number of hydrogen-bond donors (Lipinski definition) is 4. The van der Waals surface area contributed by atoms with Gasteiger partial charge in [-0.25, -0.2) is 9.59 Å². The zero-order valence-corrected chi connectivity index (χ0v) is 29.9. The van der Waals surface area contributed by atoms with Gasteiger partial charge in [0.1, 0.15) is 12.6 Å². The number of aromatic nitrogens is 2. The number of amides is 4. The highest BCUT2D eigenvalue weighted by Gasteiger charge is 2.31. The monoisotopic (exact) mass is 694 g/mol. The summed E-state index contributed by atoms with van der Waals surface area (Å²) >= 11 is 0. The Hall–Kier alpha value is -5.29. The van der Waals surface area contributed by atoms with Crippen molar-refractivity contribution in [1.29, 1.82) is 0 Å². The molecule has 0 fully saturated rings. The van der Waals surface area contributed by atoms with E-state index in [1.54, 1.807) is 25.5 Å². The van der Waals surface area contributed by atoms with Gasteiger partial charge in [0, 0.05) is 36.7 Å². The SMILES string of the molecule is CCc1cccc(CN(C)C(=O)N[C@H](C(=O)N[C@@H](Cc2ccccc2)[C@@H](O)C[C@H](Cc2ccccc2)NC(=O)OCc2cccnc2)C(C)C)n1. The zero-order chi connectivity index (χ0) is 36.6. The third kappa shape index (κ3) is 12.8. The molecule has 0 aliphatic rings. The van der Waals surface area contributed by atoms with Gasteiger partial charge in [0.2, 0.25) is 5.91 Å². The zero-order valence-electron chi connectivity index (χ0n) is 29.9. The predicted octanol–water partition coefficient (Wildman–Crippen LogP) is 5.22. The van der Waals surface area contributed by atoms with Crippen LogP contribution in [0, 0.1) is 5.92 Å². The van der Waals surface area contributed by atoms with Gasteiger partial charge in [0.25, 0.3) is 0 Å². The Morgan fingerprint density at radius 1 is 0.804 bits per heavy atom. The van der Waals surface area contributed by atoms with Crippen LogP contribution in [0.1, 0.15) is 55.3 Å². The molecule has 4 aromatic rings. The number of benzene rings is 2. The molecule has 0 radical (unpaired) electrons. The minimum atomic E-state index is -1.07. The first-order chi connectivity index (χ1) is 24.6. The molecule has 0 spiro atoms. The molecule has 2 heterocycles. The highest BCUT2D eigenvalue weighted by Crippen LogP contribution is 2.16. The lowest BCUT2D eigenvalue weighted by molar-refractivity contribution is -0.125. The van der Waals surface area contributed by atoms with Gasteiger partial charge in [-0.2, -0.15) is 0 Å². The second-order valence-corrected chi connectivity index (χ2v) is 13.1. The molecule has 4 N–H and O–H groups in total.